The first-order chi connectivity index (χ1) is 19.2. The van der Waals surface area contributed by atoms with Crippen molar-refractivity contribution in [2.75, 3.05) is 46.4 Å². The smallest absolute Gasteiger partial charge is 0.293 e. The lowest BCUT2D eigenvalue weighted by molar-refractivity contribution is -0.832. The number of ether oxygens (including phenoxy) is 1. The highest BCUT2D eigenvalue weighted by Crippen LogP contribution is 2.83. The third kappa shape index (κ3) is 3.63. The molecule has 8 unspecified atom stereocenters. The van der Waals surface area contributed by atoms with Crippen LogP contribution in [0, 0.1) is 34.0 Å². The zero-order valence-electron chi connectivity index (χ0n) is 24.5. The molecule has 6 rings (SSSR count). The van der Waals surface area contributed by atoms with Gasteiger partial charge in [0.2, 0.25) is 0 Å². The molecule has 1 aliphatic heterocycles. The van der Waals surface area contributed by atoms with Crippen LogP contribution >= 0.6 is 0 Å². The minimum Gasteiger partial charge on any atom is -0.545 e. The van der Waals surface area contributed by atoms with E-state index in [0.717, 1.165) is 83.0 Å². The number of carboxylic acid groups (broad SMARTS) is 1. The minimum atomic E-state index is -1.55. The topological polar surface area (TPSA) is 145 Å². The van der Waals surface area contributed by atoms with E-state index in [0.29, 0.717) is 24.8 Å². The molecule has 5 fully saturated rings. The van der Waals surface area contributed by atoms with E-state index < -0.39 is 17.0 Å². The molecule has 224 valence electrons. The lowest BCUT2D eigenvalue weighted by atomic mass is 9.34. The van der Waals surface area contributed by atoms with Gasteiger partial charge in [-0.2, -0.15) is 0 Å². The number of rotatable bonds is 8. The molecule has 5 aliphatic carbocycles. The Kier molecular flexibility index (Phi) is 7.39. The number of nitrogens with zero attached hydrogens (tertiary/aromatic N) is 1. The van der Waals surface area contributed by atoms with Crippen LogP contribution in [0.1, 0.15) is 77.6 Å². The van der Waals surface area contributed by atoms with Gasteiger partial charge in [-0.05, 0) is 56.8 Å². The van der Waals surface area contributed by atoms with Crippen LogP contribution in [-0.4, -0.2) is 80.3 Å². The number of aliphatic hydroxyl groups is 2. The summed E-state index contributed by atoms with van der Waals surface area (Å²) in [5.74, 6) is -0.294. The van der Waals surface area contributed by atoms with Gasteiger partial charge in [0.25, 0.3) is 5.96 Å². The van der Waals surface area contributed by atoms with Gasteiger partial charge in [0.1, 0.15) is 5.60 Å². The Morgan fingerprint density at radius 1 is 1.20 bits per heavy atom. The van der Waals surface area contributed by atoms with Gasteiger partial charge in [0.15, 0.2) is 0 Å². The molecule has 40 heavy (non-hydrogen) atoms. The van der Waals surface area contributed by atoms with Gasteiger partial charge < -0.3 is 35.9 Å². The molecule has 9 nitrogen and oxygen atoms in total. The summed E-state index contributed by atoms with van der Waals surface area (Å²) in [6.07, 6.45) is 10.9. The monoisotopic (exact) mass is 558 g/mol. The molecule has 0 aromatic carbocycles. The van der Waals surface area contributed by atoms with Crippen LogP contribution in [0.2, 0.25) is 0 Å². The van der Waals surface area contributed by atoms with Crippen molar-refractivity contribution in [2.24, 2.45) is 44.7 Å². The average molecular weight is 559 g/mol. The van der Waals surface area contributed by atoms with Crippen LogP contribution in [0.4, 0.5) is 0 Å². The molecule has 6 aliphatic rings. The second kappa shape index (κ2) is 10.3. The summed E-state index contributed by atoms with van der Waals surface area (Å²) in [5.41, 5.74) is 5.30. The number of carbonyl (C=O) groups excluding carboxylic acids is 1. The van der Waals surface area contributed by atoms with Gasteiger partial charge in [-0.3, -0.25) is 4.90 Å². The Hall–Kier alpha value is -1.52. The third-order valence-corrected chi connectivity index (χ3v) is 12.9. The summed E-state index contributed by atoms with van der Waals surface area (Å²) in [6, 6.07) is 0. The van der Waals surface area contributed by atoms with Crippen molar-refractivity contribution in [1.82, 2.24) is 5.32 Å². The number of quaternary nitrogens is 1. The number of aliphatic carboxylic acids is 1. The zero-order chi connectivity index (χ0) is 28.3. The molecule has 8 atom stereocenters. The second-order valence-electron chi connectivity index (χ2n) is 14.0. The number of carboxylic acids is 1. The molecule has 4 saturated carbocycles. The number of carbonyl (C=O) groups is 1. The molecule has 0 radical (unpaired) electrons. The molecule has 2 spiro atoms. The number of aliphatic hydroxyl groups excluding tert-OH is 1. The van der Waals surface area contributed by atoms with E-state index >= 15 is 0 Å². The van der Waals surface area contributed by atoms with Gasteiger partial charge in [-0.1, -0.05) is 31.8 Å². The Labute approximate surface area is 238 Å². The van der Waals surface area contributed by atoms with Gasteiger partial charge in [-0.15, -0.1) is 0 Å². The van der Waals surface area contributed by atoms with Crippen molar-refractivity contribution in [2.45, 2.75) is 89.3 Å². The molecule has 0 aromatic heterocycles. The average Bonchev–Trinajstić information content (AvgIpc) is 3.30. The lowest BCUT2D eigenvalue weighted by Gasteiger charge is -2.70. The van der Waals surface area contributed by atoms with Crippen LogP contribution in [0.5, 0.6) is 0 Å². The molecule has 1 heterocycles. The SMILES string of the molecule is CN=C(N)[NH+]1CCC2(CNCCO)CCC3C(O)(COC4CCCCC4)C(C(=O)[O-])=C4CC5CCC(C)C43C52C1. The summed E-state index contributed by atoms with van der Waals surface area (Å²) in [4.78, 5) is 18.7. The molecule has 1 saturated heterocycles. The number of nitrogens with one attached hydrogen (secondary N) is 2. The van der Waals surface area contributed by atoms with Crippen LogP contribution in [-0.2, 0) is 9.53 Å². The number of hydrogen-bond acceptors (Lipinski definition) is 7. The number of hydrogen-bond donors (Lipinski definition) is 5. The van der Waals surface area contributed by atoms with E-state index in [4.69, 9.17) is 10.5 Å². The minimum absolute atomic E-state index is 0.0370. The van der Waals surface area contributed by atoms with Crippen molar-refractivity contribution in [1.29, 1.82) is 0 Å². The zero-order valence-corrected chi connectivity index (χ0v) is 24.5. The van der Waals surface area contributed by atoms with Crippen molar-refractivity contribution >= 4 is 11.9 Å². The predicted molar refractivity (Wildman–Crippen MR) is 149 cm³/mol. The maximum atomic E-state index is 13.1. The van der Waals surface area contributed by atoms with Crippen molar-refractivity contribution in [3.63, 3.8) is 0 Å². The Bertz CT molecular complexity index is 1070. The maximum absolute atomic E-state index is 13.1. The van der Waals surface area contributed by atoms with Crippen molar-refractivity contribution < 1.29 is 29.8 Å². The summed E-state index contributed by atoms with van der Waals surface area (Å²) < 4.78 is 6.43. The van der Waals surface area contributed by atoms with Crippen LogP contribution in [0.3, 0.4) is 0 Å². The van der Waals surface area contributed by atoms with E-state index in [1.807, 2.05) is 0 Å². The number of likely N-dealkylation sites (tertiary alicyclic amines) is 1. The first kappa shape index (κ1) is 28.6. The van der Waals surface area contributed by atoms with Crippen LogP contribution in [0.25, 0.3) is 0 Å². The molecule has 2 bridgehead atoms. The number of nitrogens with two attached hydrogens (primary N) is 1. The molecule has 0 amide bonds. The largest absolute Gasteiger partial charge is 0.545 e. The van der Waals surface area contributed by atoms with Crippen LogP contribution < -0.4 is 21.1 Å². The van der Waals surface area contributed by atoms with E-state index in [1.165, 1.54) is 11.3 Å². The first-order valence-corrected chi connectivity index (χ1v) is 15.9. The van der Waals surface area contributed by atoms with Gasteiger partial charge in [0, 0.05) is 54.3 Å². The highest BCUT2D eigenvalue weighted by atomic mass is 16.5. The van der Waals surface area contributed by atoms with Crippen molar-refractivity contribution in [3.05, 3.63) is 11.1 Å². The highest BCUT2D eigenvalue weighted by Gasteiger charge is 2.83. The van der Waals surface area contributed by atoms with Gasteiger partial charge in [0.05, 0.1) is 38.4 Å². The molecule has 6 N–H and O–H groups in total. The fourth-order valence-corrected chi connectivity index (χ4v) is 11.6. The van der Waals surface area contributed by atoms with Crippen molar-refractivity contribution in [3.8, 4) is 0 Å². The number of aliphatic imine (C=N–C) groups is 1. The number of guanidine groups is 1. The highest BCUT2D eigenvalue weighted by molar-refractivity contribution is 5.90. The molecule has 9 heteroatoms. The first-order valence-electron chi connectivity index (χ1n) is 15.9. The Morgan fingerprint density at radius 3 is 2.67 bits per heavy atom. The van der Waals surface area contributed by atoms with E-state index in [9.17, 15) is 20.1 Å². The third-order valence-electron chi connectivity index (χ3n) is 12.9. The molecule has 0 aromatic rings. The molecular weight excluding hydrogens is 508 g/mol. The van der Waals surface area contributed by atoms with Crippen LogP contribution in [0.15, 0.2) is 16.1 Å². The summed E-state index contributed by atoms with van der Waals surface area (Å²) in [5, 5.41) is 39.0. The summed E-state index contributed by atoms with van der Waals surface area (Å²) >= 11 is 0. The maximum Gasteiger partial charge on any atom is 0.293 e. The van der Waals surface area contributed by atoms with Gasteiger partial charge >= 0.3 is 0 Å². The summed E-state index contributed by atoms with van der Waals surface area (Å²) in [6.45, 7) is 5.43. The van der Waals surface area contributed by atoms with E-state index in [2.05, 4.69) is 17.2 Å². The fourth-order valence-electron chi connectivity index (χ4n) is 11.6. The van der Waals surface area contributed by atoms with E-state index in [-0.39, 0.29) is 47.6 Å². The number of allylic oxidation sites excluding steroid dienone is 1. The van der Waals surface area contributed by atoms with E-state index in [1.54, 1.807) is 7.05 Å². The lowest BCUT2D eigenvalue weighted by Crippen LogP contribution is -3.19. The second-order valence-corrected chi connectivity index (χ2v) is 14.0. The fraction of sp³-hybridized carbons (Fsp3) is 0.871. The summed E-state index contributed by atoms with van der Waals surface area (Å²) in [7, 11) is 1.75. The standard InChI is InChI=1S/C31H50N4O5/c1-20-8-9-21-16-23-25(26(37)38)29(39,19-40-22-6-4-3-5-7-22)24-10-11-28(17-34-13-15-36)12-14-35(27(32)33-2)18-30(21,28)31(20,23)24/h20-22,24,34,36,39H,3-19H2,1-2H3,(H2,32,33)(H,37,38). The normalized spacial score (nSPS) is 45.0. The van der Waals surface area contributed by atoms with Gasteiger partial charge in [-0.25, -0.2) is 4.99 Å². The Morgan fingerprint density at radius 2 is 1.98 bits per heavy atom. The molecular formula is C31H50N4O5. The quantitative estimate of drug-likeness (QED) is 0.157. The number of piperidine rings is 1. The predicted octanol–water partition coefficient (Wildman–Crippen LogP) is -0.239. The Balaban J connectivity index is 1.51.